The van der Waals surface area contributed by atoms with Gasteiger partial charge in [0.1, 0.15) is 0 Å². The van der Waals surface area contributed by atoms with Gasteiger partial charge in [0.2, 0.25) is 5.91 Å². The molecule has 6 N–H and O–H groups in total. The number of carboxylic acids is 2. The van der Waals surface area contributed by atoms with Crippen molar-refractivity contribution in [3.63, 3.8) is 0 Å². The van der Waals surface area contributed by atoms with Crippen LogP contribution in [0.2, 0.25) is 0 Å². The van der Waals surface area contributed by atoms with Crippen LogP contribution in [0, 0.1) is 0 Å². The number of benzene rings is 1. The number of carbonyl (C=O) groups excluding carboxylic acids is 1. The first-order valence-corrected chi connectivity index (χ1v) is 13.6. The fourth-order valence-electron chi connectivity index (χ4n) is 3.97. The maximum atomic E-state index is 12.8. The third-order valence-corrected chi connectivity index (χ3v) is 7.54. The fourth-order valence-corrected chi connectivity index (χ4v) is 5.25. The maximum Gasteiger partial charge on any atom is 0.490 e. The van der Waals surface area contributed by atoms with Crippen LogP contribution in [0.4, 0.5) is 32.0 Å². The molecule has 2 aliphatic rings. The van der Waals surface area contributed by atoms with Crippen LogP contribution in [-0.2, 0) is 20.8 Å². The Bertz CT molecular complexity index is 1000. The molecule has 234 valence electrons. The number of rotatable bonds is 4. The molecule has 10 nitrogen and oxygen atoms in total. The first-order valence-electron chi connectivity index (χ1n) is 12.0. The molecule has 0 bridgehead atoms. The lowest BCUT2D eigenvalue weighted by atomic mass is 10.00. The molecule has 2 saturated heterocycles. The lowest BCUT2D eigenvalue weighted by Gasteiger charge is -2.42. The van der Waals surface area contributed by atoms with E-state index in [1.165, 1.54) is 0 Å². The zero-order valence-corrected chi connectivity index (χ0v) is 25.0. The maximum absolute atomic E-state index is 12.8. The van der Waals surface area contributed by atoms with Crippen LogP contribution in [0.1, 0.15) is 18.4 Å². The van der Waals surface area contributed by atoms with Gasteiger partial charge < -0.3 is 31.5 Å². The van der Waals surface area contributed by atoms with Gasteiger partial charge in [-0.25, -0.2) is 9.59 Å². The molecule has 2 heterocycles. The predicted molar refractivity (Wildman–Crippen MR) is 144 cm³/mol. The number of amides is 1. The van der Waals surface area contributed by atoms with E-state index in [1.54, 1.807) is 0 Å². The van der Waals surface area contributed by atoms with Crippen molar-refractivity contribution in [3.05, 3.63) is 26.6 Å². The third kappa shape index (κ3) is 12.7. The summed E-state index contributed by atoms with van der Waals surface area (Å²) in [6.45, 7) is 6.15. The van der Waals surface area contributed by atoms with Crippen molar-refractivity contribution in [3.8, 4) is 0 Å². The van der Waals surface area contributed by atoms with E-state index in [1.807, 2.05) is 17.0 Å². The van der Waals surface area contributed by atoms with Crippen molar-refractivity contribution in [1.29, 1.82) is 0 Å². The molecule has 1 aromatic rings. The summed E-state index contributed by atoms with van der Waals surface area (Å²) in [6, 6.07) is 3.95. The van der Waals surface area contributed by atoms with E-state index in [0.717, 1.165) is 66.6 Å². The highest BCUT2D eigenvalue weighted by molar-refractivity contribution is 9.11. The Morgan fingerprint density at radius 3 is 1.66 bits per heavy atom. The Balaban J connectivity index is 0.000000497. The molecule has 2 aliphatic heterocycles. The average molecular weight is 731 g/mol. The monoisotopic (exact) mass is 729 g/mol. The summed E-state index contributed by atoms with van der Waals surface area (Å²) in [6.07, 6.45) is -7.57. The number of piperidine rings is 1. The first kappa shape index (κ1) is 36.9. The quantitative estimate of drug-likeness (QED) is 0.270. The highest BCUT2D eigenvalue weighted by atomic mass is 79.9. The first-order chi connectivity index (χ1) is 18.7. The number of aliphatic carboxylic acids is 2. The number of carbonyl (C=O) groups is 3. The van der Waals surface area contributed by atoms with Gasteiger partial charge in [-0.15, -0.1) is 0 Å². The Morgan fingerprint density at radius 1 is 0.902 bits per heavy atom. The van der Waals surface area contributed by atoms with Crippen LogP contribution in [-0.4, -0.2) is 114 Å². The van der Waals surface area contributed by atoms with E-state index < -0.39 is 30.3 Å². The zero-order chi connectivity index (χ0) is 31.7. The topological polar surface area (TPSA) is 153 Å². The van der Waals surface area contributed by atoms with Crippen molar-refractivity contribution < 1.29 is 50.9 Å². The molecule has 2 fully saturated rings. The summed E-state index contributed by atoms with van der Waals surface area (Å²) < 4.78 is 65.1. The van der Waals surface area contributed by atoms with Gasteiger partial charge in [0.05, 0.1) is 11.7 Å². The van der Waals surface area contributed by atoms with Gasteiger partial charge in [0.15, 0.2) is 0 Å². The van der Waals surface area contributed by atoms with Crippen LogP contribution < -0.4 is 11.5 Å². The summed E-state index contributed by atoms with van der Waals surface area (Å²) in [7, 11) is 2.18. The van der Waals surface area contributed by atoms with Gasteiger partial charge in [0.25, 0.3) is 0 Å². The number of alkyl halides is 6. The number of hydrogen-bond donors (Lipinski definition) is 4. The van der Waals surface area contributed by atoms with E-state index in [4.69, 9.17) is 31.3 Å². The molecular weight excluding hydrogens is 700 g/mol. The largest absolute Gasteiger partial charge is 0.490 e. The Labute approximate surface area is 248 Å². The molecule has 3 rings (SSSR count). The number of likely N-dealkylation sites (tertiary alicyclic amines) is 1. The highest BCUT2D eigenvalue weighted by Gasteiger charge is 2.39. The second-order valence-electron chi connectivity index (χ2n) is 9.29. The Kier molecular flexibility index (Phi) is 14.3. The predicted octanol–water partition coefficient (Wildman–Crippen LogP) is 3.17. The van der Waals surface area contributed by atoms with Crippen LogP contribution in [0.15, 0.2) is 21.1 Å². The van der Waals surface area contributed by atoms with Crippen LogP contribution in [0.5, 0.6) is 0 Å². The summed E-state index contributed by atoms with van der Waals surface area (Å²) in [5.74, 6) is -5.46. The second-order valence-corrected chi connectivity index (χ2v) is 11.0. The number of anilines is 1. The molecular formula is C23H31Br2F6N5O5. The normalized spacial score (nSPS) is 18.0. The molecule has 1 atom stereocenters. The number of likely N-dealkylation sites (N-methyl/N-ethyl adjacent to an activating group) is 1. The Morgan fingerprint density at radius 2 is 1.29 bits per heavy atom. The van der Waals surface area contributed by atoms with Gasteiger partial charge in [0, 0.05) is 54.3 Å². The van der Waals surface area contributed by atoms with Crippen molar-refractivity contribution in [2.24, 2.45) is 5.73 Å². The van der Waals surface area contributed by atoms with Crippen LogP contribution >= 0.6 is 31.9 Å². The minimum absolute atomic E-state index is 0.0518. The number of hydrogen-bond acceptors (Lipinski definition) is 7. The lowest BCUT2D eigenvalue weighted by Crippen LogP contribution is -2.54. The smallest absolute Gasteiger partial charge is 0.475 e. The summed E-state index contributed by atoms with van der Waals surface area (Å²) in [4.78, 5) is 37.5. The number of nitrogen functional groups attached to an aromatic ring is 1. The second kappa shape index (κ2) is 15.9. The number of nitrogens with two attached hydrogens (primary N) is 2. The number of nitrogens with zero attached hydrogens (tertiary/aromatic N) is 3. The van der Waals surface area contributed by atoms with Crippen LogP contribution in [0.25, 0.3) is 0 Å². The van der Waals surface area contributed by atoms with E-state index in [0.29, 0.717) is 18.2 Å². The van der Waals surface area contributed by atoms with Gasteiger partial charge in [-0.3, -0.25) is 9.69 Å². The van der Waals surface area contributed by atoms with Crippen LogP contribution in [0.3, 0.4) is 0 Å². The SMILES string of the molecule is CN1CCN(C2CCN(C(=O)[C@H](N)Cc3cc(Br)c(N)c(Br)c3)CC2)CC1.O=C(O)C(F)(F)F.O=C(O)C(F)(F)F. The van der Waals surface area contributed by atoms with E-state index in [-0.39, 0.29) is 5.91 Å². The molecule has 0 aromatic heterocycles. The molecule has 0 spiro atoms. The molecule has 0 unspecified atom stereocenters. The zero-order valence-electron chi connectivity index (χ0n) is 21.8. The highest BCUT2D eigenvalue weighted by Crippen LogP contribution is 2.30. The molecule has 0 radical (unpaired) electrons. The average Bonchev–Trinajstić information content (AvgIpc) is 2.87. The van der Waals surface area contributed by atoms with Crippen molar-refractivity contribution in [2.45, 2.75) is 43.7 Å². The number of carboxylic acid groups (broad SMARTS) is 2. The molecule has 18 heteroatoms. The van der Waals surface area contributed by atoms with Gasteiger partial charge in [-0.05, 0) is 75.9 Å². The molecule has 1 aromatic carbocycles. The third-order valence-electron chi connectivity index (χ3n) is 6.23. The lowest BCUT2D eigenvalue weighted by molar-refractivity contribution is -0.193. The summed E-state index contributed by atoms with van der Waals surface area (Å²) in [5, 5.41) is 14.2. The fraction of sp³-hybridized carbons (Fsp3) is 0.609. The molecule has 41 heavy (non-hydrogen) atoms. The van der Waals surface area contributed by atoms with E-state index in [9.17, 15) is 31.1 Å². The minimum Gasteiger partial charge on any atom is -0.475 e. The molecule has 0 aliphatic carbocycles. The number of piperazine rings is 1. The number of halogens is 8. The minimum atomic E-state index is -5.08. The molecule has 0 saturated carbocycles. The van der Waals surface area contributed by atoms with Gasteiger partial charge in [-0.1, -0.05) is 0 Å². The van der Waals surface area contributed by atoms with Gasteiger partial charge >= 0.3 is 24.3 Å². The van der Waals surface area contributed by atoms with Crippen molar-refractivity contribution in [1.82, 2.24) is 14.7 Å². The van der Waals surface area contributed by atoms with E-state index >= 15 is 0 Å². The summed E-state index contributed by atoms with van der Waals surface area (Å²) in [5.41, 5.74) is 13.8. The van der Waals surface area contributed by atoms with Crippen molar-refractivity contribution in [2.75, 3.05) is 52.0 Å². The van der Waals surface area contributed by atoms with Gasteiger partial charge in [-0.2, -0.15) is 26.3 Å². The molecule has 1 amide bonds. The Hall–Kier alpha value is -2.15. The van der Waals surface area contributed by atoms with E-state index in [2.05, 4.69) is 48.7 Å². The standard InChI is InChI=1S/C19H29Br2N5O.2C2HF3O2/c1-24-6-8-25(9-7-24)14-2-4-26(5-3-14)19(27)17(22)12-13-10-15(20)18(23)16(21)11-13;2*3-2(4,5)1(6)7/h10-11,14,17H,2-9,12,22-23H2,1H3;2*(H,6,7)/t17-;;/m1../s1. The summed E-state index contributed by atoms with van der Waals surface area (Å²) >= 11 is 6.90. The van der Waals surface area contributed by atoms with Crippen molar-refractivity contribution >= 4 is 55.4 Å².